The molecule has 132 valence electrons. The fourth-order valence-corrected chi connectivity index (χ4v) is 5.84. The van der Waals surface area contributed by atoms with E-state index in [1.165, 1.54) is 22.5 Å². The smallest absolute Gasteiger partial charge is 0.252 e. The summed E-state index contributed by atoms with van der Waals surface area (Å²) in [7, 11) is -3.56. The zero-order valence-corrected chi connectivity index (χ0v) is 15.5. The highest BCUT2D eigenvalue weighted by molar-refractivity contribution is 7.91. The molecule has 0 amide bonds. The molecule has 1 saturated heterocycles. The first-order valence-corrected chi connectivity index (χ1v) is 10.2. The molecule has 0 bridgehead atoms. The second-order valence-electron chi connectivity index (χ2n) is 5.58. The number of hydrogen-bond acceptors (Lipinski definition) is 5. The van der Waals surface area contributed by atoms with Crippen LogP contribution in [0, 0.1) is 17.1 Å². The molecule has 2 aromatic rings. The lowest BCUT2D eigenvalue weighted by molar-refractivity contribution is 0.162. The van der Waals surface area contributed by atoms with Crippen LogP contribution < -0.4 is 0 Å². The minimum absolute atomic E-state index is 0.223. The third-order valence-electron chi connectivity index (χ3n) is 4.09. The summed E-state index contributed by atoms with van der Waals surface area (Å²) in [5.41, 5.74) is 0.699. The highest BCUT2D eigenvalue weighted by Crippen LogP contribution is 2.29. The molecule has 3 rings (SSSR count). The topological polar surface area (TPSA) is 64.4 Å². The number of rotatable bonds is 4. The van der Waals surface area contributed by atoms with E-state index in [2.05, 4.69) is 6.07 Å². The summed E-state index contributed by atoms with van der Waals surface area (Å²) in [4.78, 5) is 1.90. The third-order valence-corrected chi connectivity index (χ3v) is 7.69. The molecule has 9 heteroatoms. The lowest BCUT2D eigenvalue weighted by Gasteiger charge is -2.36. The molecule has 0 spiro atoms. The number of thiophene rings is 1. The van der Waals surface area contributed by atoms with Crippen LogP contribution >= 0.6 is 22.9 Å². The second kappa shape index (κ2) is 7.40. The molecule has 2 heterocycles. The Bertz CT molecular complexity index is 885. The molecule has 5 nitrogen and oxygen atoms in total. The molecule has 1 aliphatic rings. The number of sulfonamides is 1. The van der Waals surface area contributed by atoms with Crippen molar-refractivity contribution in [3.63, 3.8) is 0 Å². The van der Waals surface area contributed by atoms with E-state index in [9.17, 15) is 18.1 Å². The van der Waals surface area contributed by atoms with Gasteiger partial charge in [0, 0.05) is 26.2 Å². The molecule has 0 N–H and O–H groups in total. The van der Waals surface area contributed by atoms with Gasteiger partial charge in [-0.15, -0.1) is 11.3 Å². The summed E-state index contributed by atoms with van der Waals surface area (Å²) in [6.45, 7) is 1.43. The first-order valence-electron chi connectivity index (χ1n) is 7.56. The molecule has 1 fully saturated rings. The predicted octanol–water partition coefficient (Wildman–Crippen LogP) is 3.11. The summed E-state index contributed by atoms with van der Waals surface area (Å²) >= 11 is 6.86. The summed E-state index contributed by atoms with van der Waals surface area (Å²) < 4.78 is 40.3. The quantitative estimate of drug-likeness (QED) is 0.792. The zero-order valence-electron chi connectivity index (χ0n) is 13.1. The van der Waals surface area contributed by atoms with E-state index < -0.39 is 16.1 Å². The summed E-state index contributed by atoms with van der Waals surface area (Å²) in [6, 6.07) is 10.6. The molecule has 1 aromatic heterocycles. The van der Waals surface area contributed by atoms with E-state index in [0.717, 1.165) is 11.3 Å². The van der Waals surface area contributed by atoms with Gasteiger partial charge in [0.25, 0.3) is 10.0 Å². The van der Waals surface area contributed by atoms with Crippen molar-refractivity contribution >= 4 is 33.0 Å². The Kier molecular flexibility index (Phi) is 5.41. The average Bonchev–Trinajstić information content (AvgIpc) is 3.05. The molecule has 25 heavy (non-hydrogen) atoms. The maximum atomic E-state index is 13.1. The first kappa shape index (κ1) is 18.3. The lowest BCUT2D eigenvalue weighted by Crippen LogP contribution is -2.49. The number of hydrogen-bond donors (Lipinski definition) is 0. The van der Waals surface area contributed by atoms with Crippen LogP contribution in [-0.2, 0) is 10.0 Å². The molecular weight excluding hydrogens is 385 g/mol. The van der Waals surface area contributed by atoms with E-state index in [1.54, 1.807) is 18.2 Å². The Morgan fingerprint density at radius 1 is 1.12 bits per heavy atom. The lowest BCUT2D eigenvalue weighted by atomic mass is 10.1. The van der Waals surface area contributed by atoms with Gasteiger partial charge < -0.3 is 0 Å². The molecule has 0 saturated carbocycles. The number of halogens is 2. The summed E-state index contributed by atoms with van der Waals surface area (Å²) in [5, 5.41) is 9.48. The summed E-state index contributed by atoms with van der Waals surface area (Å²) in [6.07, 6.45) is 0. The van der Waals surface area contributed by atoms with Crippen molar-refractivity contribution in [2.45, 2.75) is 10.3 Å². The second-order valence-corrected chi connectivity index (χ2v) is 9.46. The largest absolute Gasteiger partial charge is 0.282 e. The highest BCUT2D eigenvalue weighted by atomic mass is 35.5. The van der Waals surface area contributed by atoms with Crippen molar-refractivity contribution in [3.8, 4) is 6.07 Å². The van der Waals surface area contributed by atoms with Crippen LogP contribution in [0.25, 0.3) is 0 Å². The van der Waals surface area contributed by atoms with Crippen LogP contribution in [0.4, 0.5) is 4.39 Å². The van der Waals surface area contributed by atoms with Gasteiger partial charge in [-0.05, 0) is 29.8 Å². The van der Waals surface area contributed by atoms with E-state index in [0.29, 0.717) is 23.0 Å². The van der Waals surface area contributed by atoms with Gasteiger partial charge >= 0.3 is 0 Å². The van der Waals surface area contributed by atoms with Crippen LogP contribution in [0.1, 0.15) is 11.6 Å². The number of nitriles is 1. The molecule has 1 atom stereocenters. The number of nitrogens with zero attached hydrogens (tertiary/aromatic N) is 3. The van der Waals surface area contributed by atoms with Crippen LogP contribution in [0.2, 0.25) is 4.34 Å². The van der Waals surface area contributed by atoms with Crippen LogP contribution in [0.5, 0.6) is 0 Å². The SMILES string of the molecule is N#CC(c1ccc(F)cc1)N1CCN(S(=O)(=O)c2ccc(Cl)s2)CC1. The normalized spacial score (nSPS) is 18.0. The predicted molar refractivity (Wildman–Crippen MR) is 94.4 cm³/mol. The van der Waals surface area contributed by atoms with Crippen molar-refractivity contribution in [1.29, 1.82) is 5.26 Å². The van der Waals surface area contributed by atoms with Crippen LogP contribution in [-0.4, -0.2) is 43.8 Å². The van der Waals surface area contributed by atoms with E-state index >= 15 is 0 Å². The Balaban J connectivity index is 1.71. The van der Waals surface area contributed by atoms with E-state index in [1.807, 2.05) is 4.90 Å². The van der Waals surface area contributed by atoms with Gasteiger partial charge in [-0.2, -0.15) is 9.57 Å². The molecule has 0 aliphatic carbocycles. The maximum Gasteiger partial charge on any atom is 0.252 e. The summed E-state index contributed by atoms with van der Waals surface area (Å²) in [5.74, 6) is -0.356. The molecule has 1 unspecified atom stereocenters. The molecule has 1 aromatic carbocycles. The molecule has 1 aliphatic heterocycles. The van der Waals surface area contributed by atoms with Gasteiger partial charge in [0.15, 0.2) is 0 Å². The van der Waals surface area contributed by atoms with Gasteiger partial charge in [0.05, 0.1) is 10.4 Å². The van der Waals surface area contributed by atoms with Crippen molar-refractivity contribution in [1.82, 2.24) is 9.21 Å². The van der Waals surface area contributed by atoms with Crippen LogP contribution in [0.3, 0.4) is 0 Å². The van der Waals surface area contributed by atoms with Gasteiger partial charge in [-0.1, -0.05) is 23.7 Å². The van der Waals surface area contributed by atoms with Crippen molar-refractivity contribution < 1.29 is 12.8 Å². The first-order chi connectivity index (χ1) is 11.9. The third kappa shape index (κ3) is 3.86. The van der Waals surface area contributed by atoms with Crippen molar-refractivity contribution in [2.75, 3.05) is 26.2 Å². The van der Waals surface area contributed by atoms with Crippen molar-refractivity contribution in [3.05, 3.63) is 52.1 Å². The number of benzene rings is 1. The highest BCUT2D eigenvalue weighted by Gasteiger charge is 2.32. The number of piperazine rings is 1. The molecule has 0 radical (unpaired) electrons. The Hall–Kier alpha value is -1.50. The fourth-order valence-electron chi connectivity index (χ4n) is 2.78. The van der Waals surface area contributed by atoms with Gasteiger partial charge in [0.2, 0.25) is 0 Å². The Morgan fingerprint density at radius 3 is 2.28 bits per heavy atom. The Labute approximate surface area is 154 Å². The van der Waals surface area contributed by atoms with E-state index in [4.69, 9.17) is 11.6 Å². The van der Waals surface area contributed by atoms with Gasteiger partial charge in [-0.25, -0.2) is 12.8 Å². The van der Waals surface area contributed by atoms with Gasteiger partial charge in [-0.3, -0.25) is 4.90 Å². The van der Waals surface area contributed by atoms with Crippen molar-refractivity contribution in [2.24, 2.45) is 0 Å². The minimum Gasteiger partial charge on any atom is -0.282 e. The monoisotopic (exact) mass is 399 g/mol. The maximum absolute atomic E-state index is 13.1. The van der Waals surface area contributed by atoms with Gasteiger partial charge in [0.1, 0.15) is 16.1 Å². The zero-order chi connectivity index (χ0) is 18.0. The molecular formula is C16H15ClFN3O2S2. The standard InChI is InChI=1S/C16H15ClFN3O2S2/c17-15-5-6-16(24-15)25(22,23)21-9-7-20(8-10-21)14(11-19)12-1-3-13(18)4-2-12/h1-6,14H,7-10H2. The fraction of sp³-hybridized carbons (Fsp3) is 0.312. The average molecular weight is 400 g/mol. The van der Waals surface area contributed by atoms with E-state index in [-0.39, 0.29) is 23.1 Å². The Morgan fingerprint density at radius 2 is 1.76 bits per heavy atom. The van der Waals surface area contributed by atoms with Crippen LogP contribution in [0.15, 0.2) is 40.6 Å². The minimum atomic E-state index is -3.56.